The topological polar surface area (TPSA) is 50.7 Å². The highest BCUT2D eigenvalue weighted by Gasteiger charge is 2.25. The Bertz CT molecular complexity index is 553. The molecule has 0 bridgehead atoms. The predicted octanol–water partition coefficient (Wildman–Crippen LogP) is 1.82. The van der Waals surface area contributed by atoms with Crippen molar-refractivity contribution in [1.82, 2.24) is 14.5 Å². The van der Waals surface area contributed by atoms with Gasteiger partial charge in [0.05, 0.1) is 5.39 Å². The van der Waals surface area contributed by atoms with E-state index in [-0.39, 0.29) is 5.56 Å². The number of nitrogens with zero attached hydrogens (tertiary/aromatic N) is 2. The Morgan fingerprint density at radius 2 is 2.36 bits per heavy atom. The lowest BCUT2D eigenvalue weighted by atomic mass is 10.4. The molecule has 0 unspecified atom stereocenters. The standard InChI is InChI=1S/C9H8BrN3O/c10-9-11-7-6(8(14)12-9)3-4-13(7)5-1-2-5/h3-5H,1-2H2,(H,11,12,14). The fourth-order valence-corrected chi connectivity index (χ4v) is 2.01. The molecule has 2 heterocycles. The smallest absolute Gasteiger partial charge is 0.261 e. The van der Waals surface area contributed by atoms with Gasteiger partial charge in [-0.1, -0.05) is 0 Å². The van der Waals surface area contributed by atoms with Gasteiger partial charge in [0.1, 0.15) is 5.65 Å². The molecule has 5 heteroatoms. The summed E-state index contributed by atoms with van der Waals surface area (Å²) in [5.41, 5.74) is 0.699. The van der Waals surface area contributed by atoms with E-state index in [0.717, 1.165) is 5.65 Å². The first kappa shape index (κ1) is 8.23. The van der Waals surface area contributed by atoms with Crippen molar-refractivity contribution in [2.75, 3.05) is 0 Å². The zero-order valence-corrected chi connectivity index (χ0v) is 8.91. The monoisotopic (exact) mass is 253 g/mol. The Morgan fingerprint density at radius 3 is 3.07 bits per heavy atom. The first-order valence-corrected chi connectivity index (χ1v) is 5.31. The van der Waals surface area contributed by atoms with Crippen LogP contribution in [0, 0.1) is 0 Å². The molecule has 14 heavy (non-hydrogen) atoms. The third-order valence-electron chi connectivity index (χ3n) is 2.49. The van der Waals surface area contributed by atoms with E-state index in [2.05, 4.69) is 30.5 Å². The molecule has 1 saturated carbocycles. The van der Waals surface area contributed by atoms with Gasteiger partial charge in [0.25, 0.3) is 5.56 Å². The van der Waals surface area contributed by atoms with Gasteiger partial charge >= 0.3 is 0 Å². The van der Waals surface area contributed by atoms with Crippen LogP contribution >= 0.6 is 15.9 Å². The normalized spacial score (nSPS) is 16.4. The Labute approximate surface area is 88.1 Å². The molecule has 0 amide bonds. The van der Waals surface area contributed by atoms with E-state index in [0.29, 0.717) is 16.2 Å². The van der Waals surface area contributed by atoms with Crippen LogP contribution in [0.5, 0.6) is 0 Å². The van der Waals surface area contributed by atoms with Crippen molar-refractivity contribution in [3.8, 4) is 0 Å². The van der Waals surface area contributed by atoms with Gasteiger partial charge in [-0.15, -0.1) is 0 Å². The number of fused-ring (bicyclic) bond motifs is 1. The predicted molar refractivity (Wildman–Crippen MR) is 56.3 cm³/mol. The first-order chi connectivity index (χ1) is 6.75. The maximum absolute atomic E-state index is 11.5. The summed E-state index contributed by atoms with van der Waals surface area (Å²) in [6.45, 7) is 0. The highest BCUT2D eigenvalue weighted by atomic mass is 79.9. The Kier molecular flexibility index (Phi) is 1.58. The van der Waals surface area contributed by atoms with E-state index in [1.165, 1.54) is 12.8 Å². The van der Waals surface area contributed by atoms with Crippen LogP contribution in [0.4, 0.5) is 0 Å². The van der Waals surface area contributed by atoms with Crippen molar-refractivity contribution in [2.24, 2.45) is 0 Å². The van der Waals surface area contributed by atoms with E-state index in [9.17, 15) is 4.79 Å². The van der Waals surface area contributed by atoms with Gasteiger partial charge in [0.2, 0.25) is 0 Å². The summed E-state index contributed by atoms with van der Waals surface area (Å²) in [5.74, 6) is 0. The molecular formula is C9H8BrN3O. The summed E-state index contributed by atoms with van der Waals surface area (Å²) in [7, 11) is 0. The SMILES string of the molecule is O=c1[nH]c(Br)nc2c1ccn2C1CC1. The highest BCUT2D eigenvalue weighted by Crippen LogP contribution is 2.36. The first-order valence-electron chi connectivity index (χ1n) is 4.52. The fourth-order valence-electron chi connectivity index (χ4n) is 1.66. The number of aromatic nitrogens is 3. The minimum atomic E-state index is -0.0822. The molecule has 1 aliphatic carbocycles. The summed E-state index contributed by atoms with van der Waals surface area (Å²) in [6, 6.07) is 2.38. The molecule has 1 aliphatic rings. The van der Waals surface area contributed by atoms with E-state index in [1.54, 1.807) is 0 Å². The van der Waals surface area contributed by atoms with Crippen molar-refractivity contribution in [3.05, 3.63) is 27.4 Å². The number of rotatable bonds is 1. The van der Waals surface area contributed by atoms with Crippen molar-refractivity contribution >= 4 is 27.0 Å². The second kappa shape index (κ2) is 2.70. The average molecular weight is 254 g/mol. The number of nitrogens with one attached hydrogen (secondary N) is 1. The van der Waals surface area contributed by atoms with Gasteiger partial charge < -0.3 is 9.55 Å². The molecule has 4 nitrogen and oxygen atoms in total. The maximum Gasteiger partial charge on any atom is 0.261 e. The van der Waals surface area contributed by atoms with Crippen LogP contribution < -0.4 is 5.56 Å². The number of halogens is 1. The quantitative estimate of drug-likeness (QED) is 0.789. The largest absolute Gasteiger partial charge is 0.329 e. The van der Waals surface area contributed by atoms with Crippen LogP contribution in [0.1, 0.15) is 18.9 Å². The lowest BCUT2D eigenvalue weighted by molar-refractivity contribution is 0.763. The molecular weight excluding hydrogens is 246 g/mol. The Hall–Kier alpha value is -1.10. The molecule has 2 aromatic heterocycles. The van der Waals surface area contributed by atoms with Crippen LogP contribution in [-0.2, 0) is 0 Å². The molecule has 1 N–H and O–H groups in total. The molecule has 0 saturated heterocycles. The zero-order valence-electron chi connectivity index (χ0n) is 7.33. The van der Waals surface area contributed by atoms with Gasteiger partial charge in [0.15, 0.2) is 4.73 Å². The molecule has 2 aromatic rings. The third-order valence-corrected chi connectivity index (χ3v) is 2.87. The summed E-state index contributed by atoms with van der Waals surface area (Å²) in [4.78, 5) is 18.4. The van der Waals surface area contributed by atoms with E-state index in [1.807, 2.05) is 12.3 Å². The van der Waals surface area contributed by atoms with Gasteiger partial charge in [0, 0.05) is 12.2 Å². The van der Waals surface area contributed by atoms with Crippen LogP contribution in [0.3, 0.4) is 0 Å². The second-order valence-corrected chi connectivity index (χ2v) is 4.30. The minimum Gasteiger partial charge on any atom is -0.329 e. The van der Waals surface area contributed by atoms with Crippen molar-refractivity contribution in [3.63, 3.8) is 0 Å². The van der Waals surface area contributed by atoms with Gasteiger partial charge in [-0.05, 0) is 34.8 Å². The van der Waals surface area contributed by atoms with E-state index < -0.39 is 0 Å². The third kappa shape index (κ3) is 1.12. The Morgan fingerprint density at radius 1 is 1.57 bits per heavy atom. The van der Waals surface area contributed by atoms with E-state index >= 15 is 0 Å². The highest BCUT2D eigenvalue weighted by molar-refractivity contribution is 9.10. The molecule has 3 rings (SSSR count). The number of aromatic amines is 1. The van der Waals surface area contributed by atoms with Crippen molar-refractivity contribution in [1.29, 1.82) is 0 Å². The Balaban J connectivity index is 2.38. The summed E-state index contributed by atoms with van der Waals surface area (Å²) < 4.78 is 2.57. The second-order valence-electron chi connectivity index (χ2n) is 3.55. The van der Waals surface area contributed by atoms with Crippen molar-refractivity contribution < 1.29 is 0 Å². The fraction of sp³-hybridized carbons (Fsp3) is 0.333. The number of hydrogen-bond donors (Lipinski definition) is 1. The van der Waals surface area contributed by atoms with Crippen molar-refractivity contribution in [2.45, 2.75) is 18.9 Å². The average Bonchev–Trinajstić information content (AvgIpc) is 2.87. The van der Waals surface area contributed by atoms with Gasteiger partial charge in [-0.2, -0.15) is 0 Å². The van der Waals surface area contributed by atoms with Crippen LogP contribution in [0.25, 0.3) is 11.0 Å². The molecule has 0 aliphatic heterocycles. The molecule has 0 spiro atoms. The molecule has 1 fully saturated rings. The van der Waals surface area contributed by atoms with Crippen LogP contribution in [0.2, 0.25) is 0 Å². The van der Waals surface area contributed by atoms with E-state index in [4.69, 9.17) is 0 Å². The molecule has 0 atom stereocenters. The van der Waals surface area contributed by atoms with Gasteiger partial charge in [-0.3, -0.25) is 4.79 Å². The summed E-state index contributed by atoms with van der Waals surface area (Å²) in [5, 5.41) is 0.667. The zero-order chi connectivity index (χ0) is 9.71. The van der Waals surface area contributed by atoms with Gasteiger partial charge in [-0.25, -0.2) is 4.98 Å². The minimum absolute atomic E-state index is 0.0822. The molecule has 0 aromatic carbocycles. The number of H-pyrrole nitrogens is 1. The summed E-state index contributed by atoms with van der Waals surface area (Å²) >= 11 is 3.19. The lowest BCUT2D eigenvalue weighted by Crippen LogP contribution is -2.08. The molecule has 72 valence electrons. The maximum atomic E-state index is 11.5. The lowest BCUT2D eigenvalue weighted by Gasteiger charge is -2.00. The molecule has 0 radical (unpaired) electrons. The number of hydrogen-bond acceptors (Lipinski definition) is 2. The van der Waals surface area contributed by atoms with Crippen LogP contribution in [-0.4, -0.2) is 14.5 Å². The summed E-state index contributed by atoms with van der Waals surface area (Å²) in [6.07, 6.45) is 4.32. The van der Waals surface area contributed by atoms with Crippen LogP contribution in [0.15, 0.2) is 21.8 Å².